The van der Waals surface area contributed by atoms with Crippen LogP contribution in [0.15, 0.2) is 53.5 Å². The van der Waals surface area contributed by atoms with Crippen LogP contribution in [0.5, 0.6) is 0 Å². The average Bonchev–Trinajstić information content (AvgIpc) is 2.37. The molecule has 0 aliphatic heterocycles. The third kappa shape index (κ3) is 3.98. The second-order valence-corrected chi connectivity index (χ2v) is 4.51. The molecule has 0 saturated carbocycles. The van der Waals surface area contributed by atoms with Gasteiger partial charge in [0.25, 0.3) is 0 Å². The molecular weight excluding hydrogens is 279 g/mol. The number of rotatable bonds is 2. The molecule has 21 heavy (non-hydrogen) atoms. The lowest BCUT2D eigenvalue weighted by Gasteiger charge is -2.11. The minimum absolute atomic E-state index is 0.0997. The molecule has 0 aliphatic rings. The molecular formula is C15H14F3N3. The van der Waals surface area contributed by atoms with Crippen LogP contribution >= 0.6 is 0 Å². The number of aliphatic imine (C=N–C) groups is 1. The molecule has 110 valence electrons. The van der Waals surface area contributed by atoms with Crippen LogP contribution in [0.3, 0.4) is 0 Å². The Bertz CT molecular complexity index is 663. The van der Waals surface area contributed by atoms with Gasteiger partial charge in [-0.15, -0.1) is 0 Å². The van der Waals surface area contributed by atoms with Gasteiger partial charge in [0.05, 0.1) is 11.3 Å². The number of nitrogens with zero attached hydrogens (tertiary/aromatic N) is 1. The van der Waals surface area contributed by atoms with E-state index in [-0.39, 0.29) is 11.6 Å². The van der Waals surface area contributed by atoms with Crippen molar-refractivity contribution >= 4 is 17.3 Å². The summed E-state index contributed by atoms with van der Waals surface area (Å²) >= 11 is 0. The fourth-order valence-electron chi connectivity index (χ4n) is 1.84. The smallest absolute Gasteiger partial charge is 0.369 e. The van der Waals surface area contributed by atoms with E-state index in [0.717, 1.165) is 11.6 Å². The van der Waals surface area contributed by atoms with Crippen molar-refractivity contribution in [2.24, 2.45) is 10.7 Å². The maximum atomic E-state index is 12.8. The number of guanidine groups is 1. The van der Waals surface area contributed by atoms with Crippen molar-refractivity contribution in [3.05, 3.63) is 59.7 Å². The third-order valence-corrected chi connectivity index (χ3v) is 2.74. The average molecular weight is 293 g/mol. The number of anilines is 1. The van der Waals surface area contributed by atoms with Crippen molar-refractivity contribution < 1.29 is 13.2 Å². The van der Waals surface area contributed by atoms with Gasteiger partial charge in [0.1, 0.15) is 0 Å². The number of halogens is 3. The summed E-state index contributed by atoms with van der Waals surface area (Å²) in [5, 5.41) is 2.77. The SMILES string of the molecule is Cc1cccc(NC(N)=Nc2ccccc2C(F)(F)F)c1. The van der Waals surface area contributed by atoms with E-state index in [0.29, 0.717) is 5.69 Å². The fourth-order valence-corrected chi connectivity index (χ4v) is 1.84. The first kappa shape index (κ1) is 14.9. The summed E-state index contributed by atoms with van der Waals surface area (Å²) in [6.07, 6.45) is -4.47. The van der Waals surface area contributed by atoms with Gasteiger partial charge >= 0.3 is 6.18 Å². The van der Waals surface area contributed by atoms with Crippen LogP contribution in [-0.4, -0.2) is 5.96 Å². The van der Waals surface area contributed by atoms with Gasteiger partial charge in [-0.1, -0.05) is 24.3 Å². The quantitative estimate of drug-likeness (QED) is 0.647. The van der Waals surface area contributed by atoms with Crippen molar-refractivity contribution in [3.8, 4) is 0 Å². The highest BCUT2D eigenvalue weighted by Gasteiger charge is 2.33. The minimum atomic E-state index is -4.47. The van der Waals surface area contributed by atoms with Gasteiger partial charge < -0.3 is 11.1 Å². The molecule has 0 aromatic heterocycles. The molecule has 2 aromatic rings. The van der Waals surface area contributed by atoms with Crippen molar-refractivity contribution in [2.75, 3.05) is 5.32 Å². The largest absolute Gasteiger partial charge is 0.418 e. The first-order valence-electron chi connectivity index (χ1n) is 6.20. The molecule has 2 rings (SSSR count). The Morgan fingerprint density at radius 1 is 1.10 bits per heavy atom. The highest BCUT2D eigenvalue weighted by Crippen LogP contribution is 2.35. The molecule has 3 nitrogen and oxygen atoms in total. The summed E-state index contributed by atoms with van der Waals surface area (Å²) in [7, 11) is 0. The molecule has 0 aliphatic carbocycles. The maximum Gasteiger partial charge on any atom is 0.418 e. The number of benzene rings is 2. The summed E-state index contributed by atoms with van der Waals surface area (Å²) in [5.74, 6) is -0.0997. The Morgan fingerprint density at radius 3 is 2.48 bits per heavy atom. The molecule has 3 N–H and O–H groups in total. The minimum Gasteiger partial charge on any atom is -0.369 e. The van der Waals surface area contributed by atoms with Crippen LogP contribution in [0, 0.1) is 6.92 Å². The Kier molecular flexibility index (Phi) is 4.16. The zero-order valence-corrected chi connectivity index (χ0v) is 11.3. The number of para-hydroxylation sites is 1. The molecule has 0 fully saturated rings. The van der Waals surface area contributed by atoms with Crippen molar-refractivity contribution in [3.63, 3.8) is 0 Å². The second kappa shape index (κ2) is 5.87. The van der Waals surface area contributed by atoms with Gasteiger partial charge in [-0.2, -0.15) is 13.2 Å². The molecule has 0 radical (unpaired) electrons. The number of hydrogen-bond acceptors (Lipinski definition) is 1. The van der Waals surface area contributed by atoms with Crippen LogP contribution in [0.4, 0.5) is 24.5 Å². The Morgan fingerprint density at radius 2 is 1.81 bits per heavy atom. The Hall–Kier alpha value is -2.50. The Labute approximate surface area is 120 Å². The predicted molar refractivity (Wildman–Crippen MR) is 77.5 cm³/mol. The van der Waals surface area contributed by atoms with Crippen LogP contribution in [0.2, 0.25) is 0 Å². The van der Waals surface area contributed by atoms with Crippen LogP contribution < -0.4 is 11.1 Å². The molecule has 0 heterocycles. The number of aryl methyl sites for hydroxylation is 1. The fraction of sp³-hybridized carbons (Fsp3) is 0.133. The molecule has 0 unspecified atom stereocenters. The van der Waals surface area contributed by atoms with Crippen LogP contribution in [0.25, 0.3) is 0 Å². The number of alkyl halides is 3. The van der Waals surface area contributed by atoms with Gasteiger partial charge in [-0.3, -0.25) is 0 Å². The van der Waals surface area contributed by atoms with Gasteiger partial charge in [-0.05, 0) is 36.8 Å². The first-order valence-corrected chi connectivity index (χ1v) is 6.20. The zero-order chi connectivity index (χ0) is 15.5. The summed E-state index contributed by atoms with van der Waals surface area (Å²) in [6.45, 7) is 1.90. The van der Waals surface area contributed by atoms with Crippen LogP contribution in [-0.2, 0) is 6.18 Å². The normalized spacial score (nSPS) is 12.3. The standard InChI is InChI=1S/C15H14F3N3/c1-10-5-4-6-11(9-10)20-14(19)21-13-8-3-2-7-12(13)15(16,17)18/h2-9H,1H3,(H3,19,20,21). The molecule has 2 aromatic carbocycles. The zero-order valence-electron chi connectivity index (χ0n) is 11.3. The van der Waals surface area contributed by atoms with Crippen LogP contribution in [0.1, 0.15) is 11.1 Å². The molecule has 6 heteroatoms. The summed E-state index contributed by atoms with van der Waals surface area (Å²) in [5.41, 5.74) is 6.30. The van der Waals surface area contributed by atoms with E-state index in [9.17, 15) is 13.2 Å². The van der Waals surface area contributed by atoms with Gasteiger partial charge in [-0.25, -0.2) is 4.99 Å². The lowest BCUT2D eigenvalue weighted by molar-refractivity contribution is -0.137. The molecule has 0 atom stereocenters. The number of nitrogens with one attached hydrogen (secondary N) is 1. The first-order chi connectivity index (χ1) is 9.86. The van der Waals surface area contributed by atoms with E-state index in [1.54, 1.807) is 6.07 Å². The monoisotopic (exact) mass is 293 g/mol. The van der Waals surface area contributed by atoms with Crippen molar-refractivity contribution in [1.82, 2.24) is 0 Å². The Balaban J connectivity index is 2.27. The van der Waals surface area contributed by atoms with E-state index < -0.39 is 11.7 Å². The lowest BCUT2D eigenvalue weighted by atomic mass is 10.2. The number of nitrogens with two attached hydrogens (primary N) is 1. The van der Waals surface area contributed by atoms with E-state index in [1.807, 2.05) is 25.1 Å². The van der Waals surface area contributed by atoms with E-state index in [1.165, 1.54) is 18.2 Å². The molecule has 0 bridgehead atoms. The van der Waals surface area contributed by atoms with Crippen molar-refractivity contribution in [2.45, 2.75) is 13.1 Å². The van der Waals surface area contributed by atoms with Gasteiger partial charge in [0.15, 0.2) is 5.96 Å². The lowest BCUT2D eigenvalue weighted by Crippen LogP contribution is -2.22. The summed E-state index contributed by atoms with van der Waals surface area (Å²) < 4.78 is 38.5. The van der Waals surface area contributed by atoms with E-state index in [4.69, 9.17) is 5.73 Å². The summed E-state index contributed by atoms with van der Waals surface area (Å²) in [6, 6.07) is 12.3. The van der Waals surface area contributed by atoms with E-state index in [2.05, 4.69) is 10.3 Å². The topological polar surface area (TPSA) is 50.4 Å². The summed E-state index contributed by atoms with van der Waals surface area (Å²) in [4.78, 5) is 3.81. The van der Waals surface area contributed by atoms with E-state index >= 15 is 0 Å². The molecule has 0 saturated heterocycles. The third-order valence-electron chi connectivity index (χ3n) is 2.74. The van der Waals surface area contributed by atoms with Gasteiger partial charge in [0.2, 0.25) is 0 Å². The molecule has 0 spiro atoms. The number of hydrogen-bond donors (Lipinski definition) is 2. The predicted octanol–water partition coefficient (Wildman–Crippen LogP) is 4.07. The molecule has 0 amide bonds. The highest BCUT2D eigenvalue weighted by atomic mass is 19.4. The maximum absolute atomic E-state index is 12.8. The van der Waals surface area contributed by atoms with Crippen molar-refractivity contribution in [1.29, 1.82) is 0 Å². The second-order valence-electron chi connectivity index (χ2n) is 4.51. The van der Waals surface area contributed by atoms with Gasteiger partial charge in [0, 0.05) is 5.69 Å². The highest BCUT2D eigenvalue weighted by molar-refractivity contribution is 5.94.